The predicted octanol–water partition coefficient (Wildman–Crippen LogP) is 0.395. The molecule has 4 aliphatic rings. The molecule has 0 aromatic carbocycles. The number of ether oxygens (including phenoxy) is 4. The summed E-state index contributed by atoms with van der Waals surface area (Å²) in [5, 5.41) is 0. The summed E-state index contributed by atoms with van der Waals surface area (Å²) in [5.74, 6) is 0. The fourth-order valence-electron chi connectivity index (χ4n) is 4.87. The zero-order valence-corrected chi connectivity index (χ0v) is 21.3. The van der Waals surface area contributed by atoms with Crippen molar-refractivity contribution in [3.8, 4) is 0 Å². The highest BCUT2D eigenvalue weighted by Crippen LogP contribution is 2.44. The van der Waals surface area contributed by atoms with Gasteiger partial charge in [-0.3, -0.25) is 0 Å². The monoisotopic (exact) mass is 498 g/mol. The van der Waals surface area contributed by atoms with Crippen LogP contribution in [0.25, 0.3) is 0 Å². The zero-order chi connectivity index (χ0) is 23.9. The van der Waals surface area contributed by atoms with Crippen LogP contribution < -0.4 is 0 Å². The van der Waals surface area contributed by atoms with Crippen LogP contribution in [-0.4, -0.2) is 95.7 Å². The molecule has 12 nitrogen and oxygen atoms in total. The van der Waals surface area contributed by atoms with Crippen molar-refractivity contribution >= 4 is 20.4 Å². The maximum atomic E-state index is 13.0. The van der Waals surface area contributed by atoms with Crippen LogP contribution in [0.5, 0.6) is 0 Å². The predicted molar refractivity (Wildman–Crippen MR) is 113 cm³/mol. The van der Waals surface area contributed by atoms with Gasteiger partial charge in [-0.15, -0.1) is 0 Å². The minimum absolute atomic E-state index is 0.346. The van der Waals surface area contributed by atoms with Gasteiger partial charge >= 0.3 is 0 Å². The number of rotatable bonds is 5. The molecular weight excluding hydrogens is 464 g/mol. The fraction of sp³-hybridized carbons (Fsp3) is 1.00. The summed E-state index contributed by atoms with van der Waals surface area (Å²) in [5.41, 5.74) is 0. The molecule has 0 saturated carbocycles. The highest BCUT2D eigenvalue weighted by atomic mass is 32.2. The smallest absolute Gasteiger partial charge is 0.287 e. The first kappa shape index (κ1) is 24.7. The quantitative estimate of drug-likeness (QED) is 0.534. The Labute approximate surface area is 190 Å². The highest BCUT2D eigenvalue weighted by molar-refractivity contribution is 7.87. The topological polar surface area (TPSA) is 118 Å². The van der Waals surface area contributed by atoms with Gasteiger partial charge in [-0.25, -0.2) is 0 Å². The Bertz CT molecular complexity index is 805. The van der Waals surface area contributed by atoms with Crippen LogP contribution in [0.15, 0.2) is 0 Å². The molecule has 0 aromatic heterocycles. The molecular formula is C18H34N4O8S2. The summed E-state index contributed by atoms with van der Waals surface area (Å²) in [4.78, 5) is 0. The van der Waals surface area contributed by atoms with Crippen molar-refractivity contribution in [1.29, 1.82) is 0 Å². The van der Waals surface area contributed by atoms with Gasteiger partial charge in [0, 0.05) is 24.2 Å². The molecule has 0 radical (unpaired) electrons. The lowest BCUT2D eigenvalue weighted by molar-refractivity contribution is -0.239. The van der Waals surface area contributed by atoms with Crippen LogP contribution in [0, 0.1) is 0 Å². The van der Waals surface area contributed by atoms with E-state index in [1.807, 2.05) is 0 Å². The van der Waals surface area contributed by atoms with Gasteiger partial charge in [-0.05, 0) is 55.4 Å². The molecule has 4 rings (SSSR count). The Morgan fingerprint density at radius 1 is 0.469 bits per heavy atom. The SMILES string of the molecule is CC(C)N1[C@@H]2OC(C3O[C@H]4[C@H](O3)N(C(C)C)S(=O)(=O)N4C(C)C)O[C@H]2N(C(C)C)S1(=O)=O. The molecule has 0 aliphatic carbocycles. The fourth-order valence-corrected chi connectivity index (χ4v) is 9.10. The second-order valence-electron chi connectivity index (χ2n) is 9.55. The lowest BCUT2D eigenvalue weighted by Gasteiger charge is -2.30. The van der Waals surface area contributed by atoms with E-state index in [9.17, 15) is 16.8 Å². The van der Waals surface area contributed by atoms with Crippen LogP contribution in [0.4, 0.5) is 0 Å². The van der Waals surface area contributed by atoms with Crippen LogP contribution in [0.2, 0.25) is 0 Å². The molecule has 4 aliphatic heterocycles. The molecule has 14 heteroatoms. The molecule has 186 valence electrons. The molecule has 4 heterocycles. The van der Waals surface area contributed by atoms with Crippen LogP contribution in [-0.2, 0) is 39.4 Å². The molecule has 0 unspecified atom stereocenters. The first-order chi connectivity index (χ1) is 14.7. The second-order valence-corrected chi connectivity index (χ2v) is 13.0. The summed E-state index contributed by atoms with van der Waals surface area (Å²) >= 11 is 0. The standard InChI is InChI=1S/C18H34N4O8S2/c1-9(2)19-13-14(20(10(3)4)31(19,23)24)28-17(27-13)18-29-15-16(30-18)22(12(7)8)32(25,26)21(15)11(5)6/h9-18H,1-8H3/t13-,14-,15+,16+. The van der Waals surface area contributed by atoms with Gasteiger partial charge in [0.1, 0.15) is 0 Å². The summed E-state index contributed by atoms with van der Waals surface area (Å²) < 4.78 is 81.4. The van der Waals surface area contributed by atoms with E-state index in [2.05, 4.69) is 0 Å². The Morgan fingerprint density at radius 2 is 0.656 bits per heavy atom. The van der Waals surface area contributed by atoms with E-state index in [-0.39, 0.29) is 24.2 Å². The maximum absolute atomic E-state index is 13.0. The number of hydrogen-bond donors (Lipinski definition) is 0. The lowest BCUT2D eigenvalue weighted by Crippen LogP contribution is -2.47. The Morgan fingerprint density at radius 3 is 0.812 bits per heavy atom. The van der Waals surface area contributed by atoms with Gasteiger partial charge in [0.15, 0.2) is 24.9 Å². The summed E-state index contributed by atoms with van der Waals surface area (Å²) in [7, 11) is -7.53. The van der Waals surface area contributed by atoms with Gasteiger partial charge in [0.25, 0.3) is 20.4 Å². The minimum atomic E-state index is -3.76. The third-order valence-electron chi connectivity index (χ3n) is 5.91. The van der Waals surface area contributed by atoms with Gasteiger partial charge in [-0.1, -0.05) is 0 Å². The van der Waals surface area contributed by atoms with Gasteiger partial charge < -0.3 is 18.9 Å². The number of hydrogen-bond acceptors (Lipinski definition) is 8. The molecule has 0 spiro atoms. The molecule has 4 atom stereocenters. The Kier molecular flexibility index (Phi) is 6.23. The van der Waals surface area contributed by atoms with Crippen molar-refractivity contribution in [3.63, 3.8) is 0 Å². The van der Waals surface area contributed by atoms with Crippen molar-refractivity contribution in [2.75, 3.05) is 0 Å². The second kappa shape index (κ2) is 8.07. The summed E-state index contributed by atoms with van der Waals surface area (Å²) in [6.07, 6.45) is -5.45. The maximum Gasteiger partial charge on any atom is 0.287 e. The van der Waals surface area contributed by atoms with E-state index in [1.54, 1.807) is 55.4 Å². The average molecular weight is 499 g/mol. The molecule has 0 bridgehead atoms. The Balaban J connectivity index is 1.59. The van der Waals surface area contributed by atoms with Crippen molar-refractivity contribution in [2.24, 2.45) is 0 Å². The zero-order valence-electron chi connectivity index (χ0n) is 19.6. The van der Waals surface area contributed by atoms with E-state index in [4.69, 9.17) is 18.9 Å². The van der Waals surface area contributed by atoms with Crippen molar-refractivity contribution in [3.05, 3.63) is 0 Å². The number of fused-ring (bicyclic) bond motifs is 2. The van der Waals surface area contributed by atoms with E-state index in [1.165, 1.54) is 17.2 Å². The van der Waals surface area contributed by atoms with E-state index in [0.717, 1.165) is 0 Å². The lowest BCUT2D eigenvalue weighted by atomic mass is 10.3. The van der Waals surface area contributed by atoms with Gasteiger partial charge in [0.05, 0.1) is 0 Å². The summed E-state index contributed by atoms with van der Waals surface area (Å²) in [6.45, 7) is 14.2. The summed E-state index contributed by atoms with van der Waals surface area (Å²) in [6, 6.07) is -1.38. The molecule has 32 heavy (non-hydrogen) atoms. The first-order valence-corrected chi connectivity index (χ1v) is 13.8. The minimum Gasteiger partial charge on any atom is -0.324 e. The first-order valence-electron chi connectivity index (χ1n) is 11.0. The van der Waals surface area contributed by atoms with Crippen LogP contribution >= 0.6 is 0 Å². The molecule has 4 saturated heterocycles. The van der Waals surface area contributed by atoms with Crippen LogP contribution in [0.1, 0.15) is 55.4 Å². The third-order valence-corrected chi connectivity index (χ3v) is 10.6. The average Bonchev–Trinajstić information content (AvgIpc) is 3.27. The van der Waals surface area contributed by atoms with E-state index < -0.39 is 57.9 Å². The van der Waals surface area contributed by atoms with Crippen molar-refractivity contribution in [1.82, 2.24) is 17.2 Å². The van der Waals surface area contributed by atoms with Gasteiger partial charge in [0.2, 0.25) is 12.6 Å². The van der Waals surface area contributed by atoms with E-state index in [0.29, 0.717) is 0 Å². The van der Waals surface area contributed by atoms with E-state index >= 15 is 0 Å². The number of nitrogens with zero attached hydrogens (tertiary/aromatic N) is 4. The molecule has 4 fully saturated rings. The van der Waals surface area contributed by atoms with Crippen molar-refractivity contribution < 1.29 is 35.8 Å². The largest absolute Gasteiger partial charge is 0.324 e. The van der Waals surface area contributed by atoms with Crippen LogP contribution in [0.3, 0.4) is 0 Å². The third kappa shape index (κ3) is 3.46. The highest BCUT2D eigenvalue weighted by Gasteiger charge is 2.65. The molecule has 0 aromatic rings. The van der Waals surface area contributed by atoms with Crippen molar-refractivity contribution in [2.45, 2.75) is 117 Å². The molecule has 0 amide bonds. The van der Waals surface area contributed by atoms with Gasteiger partial charge in [-0.2, -0.15) is 34.1 Å². The molecule has 0 N–H and O–H groups in total. The Hall–Kier alpha value is -0.420. The normalized spacial score (nSPS) is 37.0.